The van der Waals surface area contributed by atoms with Crippen molar-refractivity contribution in [3.8, 4) is 0 Å². The van der Waals surface area contributed by atoms with Crippen LogP contribution < -0.4 is 10.2 Å². The van der Waals surface area contributed by atoms with E-state index >= 15 is 0 Å². The van der Waals surface area contributed by atoms with E-state index in [0.717, 1.165) is 0 Å². The molecule has 1 amide bonds. The number of carbonyl (C=O) groups excluding carboxylic acids is 1. The van der Waals surface area contributed by atoms with Crippen LogP contribution in [0.5, 0.6) is 0 Å². The van der Waals surface area contributed by atoms with Gasteiger partial charge in [-0.1, -0.05) is 11.6 Å². The summed E-state index contributed by atoms with van der Waals surface area (Å²) in [4.78, 5) is 16.8. The molecule has 0 atom stereocenters. The van der Waals surface area contributed by atoms with Crippen molar-refractivity contribution >= 4 is 34.9 Å². The first-order valence-electron chi connectivity index (χ1n) is 4.59. The topological polar surface area (TPSA) is 71.0 Å². The summed E-state index contributed by atoms with van der Waals surface area (Å²) in [5.74, 6) is 0.209. The van der Waals surface area contributed by atoms with Gasteiger partial charge in [0, 0.05) is 13.6 Å². The highest BCUT2D eigenvalue weighted by Crippen LogP contribution is 2.20. The molecular formula is C8H11Cl2N5O. The molecule has 0 aliphatic rings. The van der Waals surface area contributed by atoms with Crippen molar-refractivity contribution in [1.29, 1.82) is 0 Å². The Kier molecular flexibility index (Phi) is 4.70. The standard InChI is InChI=1S/C8H11Cl2N5O/c1-3-15(4-5(16)11-2)7-6(9)13-14-8(10)12-7/h3-4H2,1-2H3,(H,11,16). The van der Waals surface area contributed by atoms with Crippen LogP contribution in [0.25, 0.3) is 0 Å². The maximum atomic E-state index is 11.3. The molecule has 6 nitrogen and oxygen atoms in total. The van der Waals surface area contributed by atoms with E-state index in [1.54, 1.807) is 11.9 Å². The molecule has 0 spiro atoms. The van der Waals surface area contributed by atoms with Crippen LogP contribution in [-0.4, -0.2) is 41.2 Å². The van der Waals surface area contributed by atoms with Gasteiger partial charge >= 0.3 is 0 Å². The molecule has 1 N–H and O–H groups in total. The second kappa shape index (κ2) is 5.81. The molecule has 88 valence electrons. The highest BCUT2D eigenvalue weighted by Gasteiger charge is 2.15. The van der Waals surface area contributed by atoms with Crippen molar-refractivity contribution in [3.63, 3.8) is 0 Å². The predicted molar refractivity (Wildman–Crippen MR) is 61.8 cm³/mol. The van der Waals surface area contributed by atoms with Crippen molar-refractivity contribution < 1.29 is 4.79 Å². The molecule has 16 heavy (non-hydrogen) atoms. The van der Waals surface area contributed by atoms with E-state index in [4.69, 9.17) is 23.2 Å². The first-order chi connectivity index (χ1) is 7.58. The molecule has 0 aromatic carbocycles. The highest BCUT2D eigenvalue weighted by atomic mass is 35.5. The zero-order chi connectivity index (χ0) is 12.1. The van der Waals surface area contributed by atoms with Crippen molar-refractivity contribution in [2.75, 3.05) is 25.0 Å². The summed E-state index contributed by atoms with van der Waals surface area (Å²) in [7, 11) is 1.56. The lowest BCUT2D eigenvalue weighted by atomic mass is 10.4. The van der Waals surface area contributed by atoms with Gasteiger partial charge in [-0.25, -0.2) is 0 Å². The molecule has 0 bridgehead atoms. The third kappa shape index (κ3) is 3.18. The predicted octanol–water partition coefficient (Wildman–Crippen LogP) is 0.751. The van der Waals surface area contributed by atoms with Gasteiger partial charge in [0.15, 0.2) is 11.0 Å². The fraction of sp³-hybridized carbons (Fsp3) is 0.500. The van der Waals surface area contributed by atoms with Crippen LogP contribution in [0.1, 0.15) is 6.92 Å². The molecule has 1 aromatic heterocycles. The number of hydrogen-bond acceptors (Lipinski definition) is 5. The number of hydrogen-bond donors (Lipinski definition) is 1. The molecule has 0 fully saturated rings. The van der Waals surface area contributed by atoms with Gasteiger partial charge in [0.25, 0.3) is 0 Å². The van der Waals surface area contributed by atoms with Crippen LogP contribution in [0.4, 0.5) is 5.82 Å². The van der Waals surface area contributed by atoms with Gasteiger partial charge in [-0.3, -0.25) is 4.79 Å². The lowest BCUT2D eigenvalue weighted by molar-refractivity contribution is -0.119. The quantitative estimate of drug-likeness (QED) is 0.868. The maximum Gasteiger partial charge on any atom is 0.245 e. The van der Waals surface area contributed by atoms with Crippen molar-refractivity contribution in [2.24, 2.45) is 0 Å². The first kappa shape index (κ1) is 12.9. The fourth-order valence-corrected chi connectivity index (χ4v) is 1.39. The minimum absolute atomic E-state index is 0.00485. The molecular weight excluding hydrogens is 253 g/mol. The van der Waals surface area contributed by atoms with Gasteiger partial charge < -0.3 is 10.2 Å². The number of aromatic nitrogens is 3. The van der Waals surface area contributed by atoms with Gasteiger partial charge in [-0.15, -0.1) is 10.2 Å². The number of nitrogens with zero attached hydrogens (tertiary/aromatic N) is 4. The summed E-state index contributed by atoms with van der Waals surface area (Å²) in [5.41, 5.74) is 0. The Hall–Kier alpha value is -1.14. The molecule has 0 aliphatic carbocycles. The minimum atomic E-state index is -0.146. The van der Waals surface area contributed by atoms with Crippen molar-refractivity contribution in [3.05, 3.63) is 10.4 Å². The molecule has 0 aliphatic heterocycles. The molecule has 1 aromatic rings. The van der Waals surface area contributed by atoms with Crippen LogP contribution >= 0.6 is 23.2 Å². The smallest absolute Gasteiger partial charge is 0.245 e. The normalized spacial score (nSPS) is 10.0. The van der Waals surface area contributed by atoms with Crippen LogP contribution in [-0.2, 0) is 4.79 Å². The van der Waals surface area contributed by atoms with Gasteiger partial charge in [-0.05, 0) is 18.5 Å². The van der Waals surface area contributed by atoms with Gasteiger partial charge in [0.2, 0.25) is 11.2 Å². The SMILES string of the molecule is CCN(CC(=O)NC)c1nc(Cl)nnc1Cl. The van der Waals surface area contributed by atoms with Crippen molar-refractivity contribution in [1.82, 2.24) is 20.5 Å². The molecule has 0 saturated carbocycles. The molecule has 8 heteroatoms. The Morgan fingerprint density at radius 1 is 1.44 bits per heavy atom. The molecule has 0 unspecified atom stereocenters. The lowest BCUT2D eigenvalue weighted by Gasteiger charge is -2.20. The molecule has 0 radical (unpaired) electrons. The van der Waals surface area contributed by atoms with Gasteiger partial charge in [0.1, 0.15) is 0 Å². The maximum absolute atomic E-state index is 11.3. The first-order valence-corrected chi connectivity index (χ1v) is 5.35. The van der Waals surface area contributed by atoms with E-state index in [2.05, 4.69) is 20.5 Å². The van der Waals surface area contributed by atoms with Crippen LogP contribution in [0.15, 0.2) is 0 Å². The molecule has 0 saturated heterocycles. The van der Waals surface area contributed by atoms with Crippen LogP contribution in [0, 0.1) is 0 Å². The number of carbonyl (C=O) groups is 1. The fourth-order valence-electron chi connectivity index (χ4n) is 1.08. The van der Waals surface area contributed by atoms with Crippen LogP contribution in [0.2, 0.25) is 10.4 Å². The highest BCUT2D eigenvalue weighted by molar-refractivity contribution is 6.32. The minimum Gasteiger partial charge on any atom is -0.358 e. The Labute approximate surface area is 103 Å². The van der Waals surface area contributed by atoms with E-state index in [-0.39, 0.29) is 22.9 Å². The Morgan fingerprint density at radius 2 is 2.12 bits per heavy atom. The number of amides is 1. The Balaban J connectivity index is 2.94. The van der Waals surface area contributed by atoms with E-state index in [9.17, 15) is 4.79 Å². The summed E-state index contributed by atoms with van der Waals surface area (Å²) in [5, 5.41) is 9.76. The second-order valence-corrected chi connectivity index (χ2v) is 3.58. The van der Waals surface area contributed by atoms with Gasteiger partial charge in [-0.2, -0.15) is 4.98 Å². The Bertz CT molecular complexity index is 387. The molecule has 1 rings (SSSR count). The third-order valence-corrected chi connectivity index (χ3v) is 2.30. The number of rotatable bonds is 4. The summed E-state index contributed by atoms with van der Waals surface area (Å²) in [6.07, 6.45) is 0. The average molecular weight is 264 g/mol. The summed E-state index contributed by atoms with van der Waals surface area (Å²) in [6, 6.07) is 0. The van der Waals surface area contributed by atoms with E-state index in [1.165, 1.54) is 0 Å². The number of anilines is 1. The van der Waals surface area contributed by atoms with Gasteiger partial charge in [0.05, 0.1) is 6.54 Å². The second-order valence-electron chi connectivity index (χ2n) is 2.88. The average Bonchev–Trinajstić information content (AvgIpc) is 2.29. The Morgan fingerprint density at radius 3 is 2.69 bits per heavy atom. The third-order valence-electron chi connectivity index (χ3n) is 1.90. The lowest BCUT2D eigenvalue weighted by Crippen LogP contribution is -2.36. The summed E-state index contributed by atoms with van der Waals surface area (Å²) in [6.45, 7) is 2.57. The number of nitrogens with one attached hydrogen (secondary N) is 1. The largest absolute Gasteiger partial charge is 0.358 e. The monoisotopic (exact) mass is 263 g/mol. The van der Waals surface area contributed by atoms with E-state index < -0.39 is 0 Å². The summed E-state index contributed by atoms with van der Waals surface area (Å²) < 4.78 is 0. The number of halogens is 2. The molecule has 1 heterocycles. The number of likely N-dealkylation sites (N-methyl/N-ethyl adjacent to an activating group) is 2. The summed E-state index contributed by atoms with van der Waals surface area (Å²) >= 11 is 11.4. The van der Waals surface area contributed by atoms with Crippen LogP contribution in [0.3, 0.4) is 0 Å². The van der Waals surface area contributed by atoms with E-state index in [1.807, 2.05) is 6.92 Å². The zero-order valence-corrected chi connectivity index (χ0v) is 10.4. The zero-order valence-electron chi connectivity index (χ0n) is 8.87. The van der Waals surface area contributed by atoms with E-state index in [0.29, 0.717) is 12.4 Å². The van der Waals surface area contributed by atoms with Crippen molar-refractivity contribution in [2.45, 2.75) is 6.92 Å².